The summed E-state index contributed by atoms with van der Waals surface area (Å²) in [5, 5.41) is 18.2. The van der Waals surface area contributed by atoms with Crippen LogP contribution < -0.4 is 0 Å². The molecule has 0 aliphatic carbocycles. The second kappa shape index (κ2) is 5.27. The highest BCUT2D eigenvalue weighted by atomic mass is 79.9. The summed E-state index contributed by atoms with van der Waals surface area (Å²) < 4.78 is 1.17. The first kappa shape index (κ1) is 12.0. The molecule has 1 atom stereocenters. The van der Waals surface area contributed by atoms with E-state index in [-0.39, 0.29) is 6.61 Å². The summed E-state index contributed by atoms with van der Waals surface area (Å²) in [6.45, 7) is 2.17. The third kappa shape index (κ3) is 2.63. The Morgan fingerprint density at radius 3 is 3.00 bits per heavy atom. The van der Waals surface area contributed by atoms with Crippen LogP contribution in [0.2, 0.25) is 0 Å². The van der Waals surface area contributed by atoms with Crippen molar-refractivity contribution in [1.82, 2.24) is 4.90 Å². The van der Waals surface area contributed by atoms with Crippen LogP contribution in [0.25, 0.3) is 0 Å². The van der Waals surface area contributed by atoms with Crippen molar-refractivity contribution in [2.75, 3.05) is 19.7 Å². The van der Waals surface area contributed by atoms with Crippen LogP contribution >= 0.6 is 15.9 Å². The molecule has 0 fully saturated rings. The molecule has 1 aliphatic heterocycles. The Hall–Kier alpha value is -0.420. The zero-order valence-electron chi connectivity index (χ0n) is 9.06. The molecule has 88 valence electrons. The summed E-state index contributed by atoms with van der Waals surface area (Å²) in [7, 11) is 0. The monoisotopic (exact) mass is 285 g/mol. The molecule has 1 aliphatic rings. The Labute approximate surface area is 104 Å². The summed E-state index contributed by atoms with van der Waals surface area (Å²) >= 11 is 3.56. The van der Waals surface area contributed by atoms with Gasteiger partial charge in [0.2, 0.25) is 0 Å². The summed E-state index contributed by atoms with van der Waals surface area (Å²) in [6.07, 6.45) is 0.364. The molecule has 0 bridgehead atoms. The zero-order valence-corrected chi connectivity index (χ0v) is 10.7. The number of nitrogens with zero attached hydrogens (tertiary/aromatic N) is 1. The van der Waals surface area contributed by atoms with Gasteiger partial charge in [0.05, 0.1) is 12.7 Å². The maximum atomic E-state index is 9.41. The van der Waals surface area contributed by atoms with Crippen LogP contribution in [0, 0.1) is 0 Å². The molecule has 1 heterocycles. The lowest BCUT2D eigenvalue weighted by Gasteiger charge is -2.30. The van der Waals surface area contributed by atoms with E-state index in [9.17, 15) is 5.11 Å². The first-order chi connectivity index (χ1) is 7.70. The SMILES string of the molecule is OCC(O)CN1CCc2c(Br)cccc2C1. The number of hydrogen-bond donors (Lipinski definition) is 2. The highest BCUT2D eigenvalue weighted by molar-refractivity contribution is 9.10. The Kier molecular flexibility index (Phi) is 3.97. The van der Waals surface area contributed by atoms with Gasteiger partial charge in [-0.15, -0.1) is 0 Å². The van der Waals surface area contributed by atoms with E-state index in [1.165, 1.54) is 15.6 Å². The molecule has 2 N–H and O–H groups in total. The van der Waals surface area contributed by atoms with Gasteiger partial charge >= 0.3 is 0 Å². The van der Waals surface area contributed by atoms with Gasteiger partial charge in [0, 0.05) is 24.1 Å². The summed E-state index contributed by atoms with van der Waals surface area (Å²) in [6, 6.07) is 6.23. The molecule has 16 heavy (non-hydrogen) atoms. The van der Waals surface area contributed by atoms with Crippen LogP contribution in [0.5, 0.6) is 0 Å². The van der Waals surface area contributed by atoms with Gasteiger partial charge < -0.3 is 10.2 Å². The number of aliphatic hydroxyl groups excluding tert-OH is 2. The van der Waals surface area contributed by atoms with Gasteiger partial charge in [-0.3, -0.25) is 4.90 Å². The van der Waals surface area contributed by atoms with Crippen LogP contribution in [0.15, 0.2) is 22.7 Å². The van der Waals surface area contributed by atoms with E-state index in [4.69, 9.17) is 5.11 Å². The van der Waals surface area contributed by atoms with Crippen LogP contribution in [0.1, 0.15) is 11.1 Å². The normalized spacial score (nSPS) is 18.2. The molecule has 3 nitrogen and oxygen atoms in total. The van der Waals surface area contributed by atoms with Crippen molar-refractivity contribution in [2.45, 2.75) is 19.1 Å². The van der Waals surface area contributed by atoms with Gasteiger partial charge in [0.15, 0.2) is 0 Å². The fourth-order valence-corrected chi connectivity index (χ4v) is 2.74. The number of aliphatic hydroxyl groups is 2. The standard InChI is InChI=1S/C12H16BrNO2/c13-12-3-1-2-9-6-14(5-4-11(9)12)7-10(16)8-15/h1-3,10,15-16H,4-8H2. The van der Waals surface area contributed by atoms with Crippen molar-refractivity contribution in [3.63, 3.8) is 0 Å². The van der Waals surface area contributed by atoms with E-state index in [0.717, 1.165) is 19.5 Å². The van der Waals surface area contributed by atoms with Crippen LogP contribution in [-0.2, 0) is 13.0 Å². The predicted octanol–water partition coefficient (Wildman–Crippen LogP) is 1.16. The summed E-state index contributed by atoms with van der Waals surface area (Å²) in [5.74, 6) is 0. The highest BCUT2D eigenvalue weighted by Gasteiger charge is 2.19. The molecule has 2 rings (SSSR count). The zero-order chi connectivity index (χ0) is 11.5. The second-order valence-electron chi connectivity index (χ2n) is 4.20. The molecule has 1 unspecified atom stereocenters. The average molecular weight is 286 g/mol. The molecule has 1 aromatic carbocycles. The number of hydrogen-bond acceptors (Lipinski definition) is 3. The van der Waals surface area contributed by atoms with E-state index in [1.54, 1.807) is 0 Å². The Morgan fingerprint density at radius 2 is 2.25 bits per heavy atom. The lowest BCUT2D eigenvalue weighted by molar-refractivity contribution is 0.0551. The minimum Gasteiger partial charge on any atom is -0.394 e. The van der Waals surface area contributed by atoms with Crippen molar-refractivity contribution in [1.29, 1.82) is 0 Å². The number of benzene rings is 1. The minimum atomic E-state index is -0.631. The lowest BCUT2D eigenvalue weighted by Crippen LogP contribution is -2.38. The van der Waals surface area contributed by atoms with Crippen LogP contribution in [-0.4, -0.2) is 40.9 Å². The van der Waals surface area contributed by atoms with E-state index in [0.29, 0.717) is 6.54 Å². The Bertz CT molecular complexity index is 370. The number of rotatable bonds is 3. The maximum absolute atomic E-state index is 9.41. The molecule has 0 radical (unpaired) electrons. The first-order valence-corrected chi connectivity index (χ1v) is 6.27. The van der Waals surface area contributed by atoms with Gasteiger partial charge in [-0.05, 0) is 23.6 Å². The molecule has 1 aromatic rings. The molecule has 0 saturated heterocycles. The molecule has 0 saturated carbocycles. The van der Waals surface area contributed by atoms with Crippen molar-refractivity contribution in [2.24, 2.45) is 0 Å². The van der Waals surface area contributed by atoms with E-state index in [2.05, 4.69) is 33.0 Å². The van der Waals surface area contributed by atoms with Crippen molar-refractivity contribution in [3.05, 3.63) is 33.8 Å². The van der Waals surface area contributed by atoms with Crippen molar-refractivity contribution >= 4 is 15.9 Å². The third-order valence-electron chi connectivity index (χ3n) is 2.97. The van der Waals surface area contributed by atoms with Crippen LogP contribution in [0.3, 0.4) is 0 Å². The largest absolute Gasteiger partial charge is 0.394 e. The van der Waals surface area contributed by atoms with Gasteiger partial charge in [-0.25, -0.2) is 0 Å². The van der Waals surface area contributed by atoms with Gasteiger partial charge in [-0.1, -0.05) is 28.1 Å². The highest BCUT2D eigenvalue weighted by Crippen LogP contribution is 2.26. The average Bonchev–Trinajstić information content (AvgIpc) is 2.29. The fraction of sp³-hybridized carbons (Fsp3) is 0.500. The maximum Gasteiger partial charge on any atom is 0.0897 e. The number of β-amino-alcohol motifs (C(OH)–C–C–N with tert-alkyl or cyclic N) is 1. The minimum absolute atomic E-state index is 0.165. The number of fused-ring (bicyclic) bond motifs is 1. The Balaban J connectivity index is 2.06. The quantitative estimate of drug-likeness (QED) is 0.876. The van der Waals surface area contributed by atoms with Gasteiger partial charge in [0.25, 0.3) is 0 Å². The molecule has 0 spiro atoms. The Morgan fingerprint density at radius 1 is 1.44 bits per heavy atom. The van der Waals surface area contributed by atoms with E-state index < -0.39 is 6.10 Å². The van der Waals surface area contributed by atoms with E-state index >= 15 is 0 Å². The predicted molar refractivity (Wildman–Crippen MR) is 66.2 cm³/mol. The smallest absolute Gasteiger partial charge is 0.0897 e. The first-order valence-electron chi connectivity index (χ1n) is 5.48. The summed E-state index contributed by atoms with van der Waals surface area (Å²) in [4.78, 5) is 2.18. The lowest BCUT2D eigenvalue weighted by atomic mass is 10.00. The summed E-state index contributed by atoms with van der Waals surface area (Å²) in [5.41, 5.74) is 2.68. The molecular formula is C12H16BrNO2. The molecule has 0 aromatic heterocycles. The van der Waals surface area contributed by atoms with Crippen molar-refractivity contribution in [3.8, 4) is 0 Å². The van der Waals surface area contributed by atoms with Crippen LogP contribution in [0.4, 0.5) is 0 Å². The second-order valence-corrected chi connectivity index (χ2v) is 5.05. The number of halogens is 1. The fourth-order valence-electron chi connectivity index (χ4n) is 2.13. The molecule has 0 amide bonds. The third-order valence-corrected chi connectivity index (χ3v) is 3.71. The molecule has 4 heteroatoms. The molecular weight excluding hydrogens is 270 g/mol. The van der Waals surface area contributed by atoms with Gasteiger partial charge in [0.1, 0.15) is 0 Å². The van der Waals surface area contributed by atoms with Gasteiger partial charge in [-0.2, -0.15) is 0 Å². The topological polar surface area (TPSA) is 43.7 Å². The van der Waals surface area contributed by atoms with Crippen molar-refractivity contribution < 1.29 is 10.2 Å². The van der Waals surface area contributed by atoms with E-state index in [1.807, 2.05) is 6.07 Å².